The van der Waals surface area contributed by atoms with E-state index in [9.17, 15) is 4.79 Å². The summed E-state index contributed by atoms with van der Waals surface area (Å²) in [7, 11) is 2.04. The predicted molar refractivity (Wildman–Crippen MR) is 91.6 cm³/mol. The Morgan fingerprint density at radius 3 is 2.91 bits per heavy atom. The second-order valence-electron chi connectivity index (χ2n) is 6.96. The van der Waals surface area contributed by atoms with Crippen molar-refractivity contribution in [3.05, 3.63) is 35.2 Å². The molecule has 0 bridgehead atoms. The molecule has 122 valence electrons. The molecule has 2 aliphatic rings. The Kier molecular flexibility index (Phi) is 3.54. The quantitative estimate of drug-likeness (QED) is 0.868. The zero-order valence-electron chi connectivity index (χ0n) is 13.7. The number of thiophene rings is 1. The third-order valence-corrected chi connectivity index (χ3v) is 6.14. The van der Waals surface area contributed by atoms with Crippen molar-refractivity contribution in [3.8, 4) is 0 Å². The van der Waals surface area contributed by atoms with Crippen molar-refractivity contribution in [1.82, 2.24) is 14.5 Å². The van der Waals surface area contributed by atoms with Gasteiger partial charge in [0, 0.05) is 49.2 Å². The van der Waals surface area contributed by atoms with Gasteiger partial charge in [0.25, 0.3) is 0 Å². The molecule has 2 aromatic rings. The maximum Gasteiger partial charge on any atom is 0.228 e. The molecule has 1 amide bonds. The molecular formula is C17H22N4OS. The molecule has 0 N–H and O–H groups in total. The smallest absolute Gasteiger partial charge is 0.228 e. The number of nitrogens with zero attached hydrogens (tertiary/aromatic N) is 4. The van der Waals surface area contributed by atoms with Crippen LogP contribution in [0.3, 0.4) is 0 Å². The number of hydrogen-bond donors (Lipinski definition) is 0. The van der Waals surface area contributed by atoms with E-state index in [0.29, 0.717) is 6.42 Å². The van der Waals surface area contributed by atoms with Crippen LogP contribution in [-0.4, -0.2) is 40.0 Å². The normalized spacial score (nSPS) is 25.1. The van der Waals surface area contributed by atoms with Crippen molar-refractivity contribution in [1.29, 1.82) is 0 Å². The van der Waals surface area contributed by atoms with E-state index in [1.807, 2.05) is 24.3 Å². The molecule has 2 aromatic heterocycles. The molecule has 2 saturated heterocycles. The number of anilines is 1. The summed E-state index contributed by atoms with van der Waals surface area (Å²) in [5.74, 6) is 1.38. The van der Waals surface area contributed by atoms with Gasteiger partial charge in [0.15, 0.2) is 0 Å². The minimum Gasteiger partial charge on any atom is -0.337 e. The summed E-state index contributed by atoms with van der Waals surface area (Å²) in [4.78, 5) is 22.6. The molecule has 2 aliphatic heterocycles. The van der Waals surface area contributed by atoms with Crippen LogP contribution in [0, 0.1) is 12.3 Å². The first kappa shape index (κ1) is 14.9. The molecule has 6 heteroatoms. The molecule has 4 rings (SSSR count). The largest absolute Gasteiger partial charge is 0.337 e. The van der Waals surface area contributed by atoms with Crippen molar-refractivity contribution in [2.24, 2.45) is 12.5 Å². The van der Waals surface area contributed by atoms with E-state index < -0.39 is 0 Å². The summed E-state index contributed by atoms with van der Waals surface area (Å²) in [6.45, 7) is 5.87. The van der Waals surface area contributed by atoms with Crippen molar-refractivity contribution < 1.29 is 4.79 Å². The number of hydrogen-bond acceptors (Lipinski definition) is 4. The number of likely N-dealkylation sites (tertiary alicyclic amines) is 1. The highest BCUT2D eigenvalue weighted by Gasteiger charge is 2.48. The molecule has 0 saturated carbocycles. The van der Waals surface area contributed by atoms with E-state index in [0.717, 1.165) is 43.4 Å². The number of amides is 1. The highest BCUT2D eigenvalue weighted by Crippen LogP contribution is 2.43. The molecule has 0 unspecified atom stereocenters. The van der Waals surface area contributed by atoms with Gasteiger partial charge in [0.2, 0.25) is 5.91 Å². The van der Waals surface area contributed by atoms with Gasteiger partial charge in [0.1, 0.15) is 5.82 Å². The molecule has 4 heterocycles. The van der Waals surface area contributed by atoms with Gasteiger partial charge in [-0.25, -0.2) is 4.98 Å². The Balaban J connectivity index is 1.46. The lowest BCUT2D eigenvalue weighted by Crippen LogP contribution is -2.31. The van der Waals surface area contributed by atoms with Crippen molar-refractivity contribution in [2.75, 3.05) is 24.5 Å². The van der Waals surface area contributed by atoms with Crippen LogP contribution in [-0.2, 0) is 18.4 Å². The van der Waals surface area contributed by atoms with Gasteiger partial charge in [-0.15, -0.1) is 11.3 Å². The van der Waals surface area contributed by atoms with Gasteiger partial charge < -0.3 is 9.47 Å². The Hall–Kier alpha value is -1.66. The number of rotatable bonds is 3. The summed E-state index contributed by atoms with van der Waals surface area (Å²) in [5, 5.41) is 1.10. The summed E-state index contributed by atoms with van der Waals surface area (Å²) >= 11 is 1.72. The Morgan fingerprint density at radius 2 is 2.22 bits per heavy atom. The standard InChI is InChI=1S/C17H22N4OS/c1-13-3-4-16(23-13)21-12-17(9-15(21)22)5-7-20(11-17)10-14-18-6-8-19(14)2/h3-4,6,8H,5,7,9-12H2,1-2H3/t17-/m0/s1. The van der Waals surface area contributed by atoms with Crippen LogP contribution in [0.25, 0.3) is 0 Å². The van der Waals surface area contributed by atoms with Gasteiger partial charge in [-0.2, -0.15) is 0 Å². The van der Waals surface area contributed by atoms with Crippen LogP contribution in [0.5, 0.6) is 0 Å². The highest BCUT2D eigenvalue weighted by atomic mass is 32.1. The van der Waals surface area contributed by atoms with Crippen LogP contribution >= 0.6 is 11.3 Å². The Labute approximate surface area is 140 Å². The number of carbonyl (C=O) groups is 1. The summed E-state index contributed by atoms with van der Waals surface area (Å²) in [5.41, 5.74) is 0.125. The van der Waals surface area contributed by atoms with Gasteiger partial charge in [0.05, 0.1) is 11.5 Å². The van der Waals surface area contributed by atoms with Gasteiger partial charge in [-0.3, -0.25) is 9.69 Å². The molecule has 0 radical (unpaired) electrons. The maximum atomic E-state index is 12.5. The van der Waals surface area contributed by atoms with E-state index in [4.69, 9.17) is 0 Å². The average Bonchev–Trinajstić information content (AvgIpc) is 3.24. The first-order valence-corrected chi connectivity index (χ1v) is 8.92. The minimum absolute atomic E-state index is 0.125. The number of aryl methyl sites for hydroxylation is 2. The number of aromatic nitrogens is 2. The SMILES string of the molecule is Cc1ccc(N2C[C@@]3(CCN(Cc4nccn4C)C3)CC2=O)s1. The molecule has 23 heavy (non-hydrogen) atoms. The third-order valence-electron chi connectivity index (χ3n) is 5.12. The average molecular weight is 330 g/mol. The van der Waals surface area contributed by atoms with Crippen molar-refractivity contribution >= 4 is 22.2 Å². The predicted octanol–water partition coefficient (Wildman–Crippen LogP) is 2.42. The van der Waals surface area contributed by atoms with Crippen LogP contribution in [0.2, 0.25) is 0 Å². The Bertz CT molecular complexity index is 737. The summed E-state index contributed by atoms with van der Waals surface area (Å²) < 4.78 is 2.07. The second kappa shape index (κ2) is 5.46. The van der Waals surface area contributed by atoms with Crippen molar-refractivity contribution in [2.45, 2.75) is 26.3 Å². The lowest BCUT2D eigenvalue weighted by molar-refractivity contribution is -0.117. The highest BCUT2D eigenvalue weighted by molar-refractivity contribution is 7.16. The van der Waals surface area contributed by atoms with E-state index in [1.54, 1.807) is 11.3 Å². The fourth-order valence-corrected chi connectivity index (χ4v) is 4.73. The first-order chi connectivity index (χ1) is 11.0. The Morgan fingerprint density at radius 1 is 1.35 bits per heavy atom. The van der Waals surface area contributed by atoms with E-state index in [2.05, 4.69) is 33.5 Å². The van der Waals surface area contributed by atoms with Gasteiger partial charge >= 0.3 is 0 Å². The van der Waals surface area contributed by atoms with Gasteiger partial charge in [-0.05, 0) is 32.0 Å². The van der Waals surface area contributed by atoms with E-state index >= 15 is 0 Å². The van der Waals surface area contributed by atoms with Crippen LogP contribution in [0.1, 0.15) is 23.5 Å². The lowest BCUT2D eigenvalue weighted by Gasteiger charge is -2.23. The van der Waals surface area contributed by atoms with Gasteiger partial charge in [-0.1, -0.05) is 0 Å². The minimum atomic E-state index is 0.125. The fraction of sp³-hybridized carbons (Fsp3) is 0.529. The molecule has 5 nitrogen and oxygen atoms in total. The topological polar surface area (TPSA) is 41.4 Å². The van der Waals surface area contributed by atoms with Crippen LogP contribution in [0.15, 0.2) is 24.5 Å². The second-order valence-corrected chi connectivity index (χ2v) is 8.22. The number of imidazole rings is 1. The zero-order chi connectivity index (χ0) is 16.0. The maximum absolute atomic E-state index is 12.5. The first-order valence-electron chi connectivity index (χ1n) is 8.10. The molecule has 0 aliphatic carbocycles. The van der Waals surface area contributed by atoms with Crippen LogP contribution < -0.4 is 4.90 Å². The zero-order valence-corrected chi connectivity index (χ0v) is 14.5. The molecule has 2 fully saturated rings. The lowest BCUT2D eigenvalue weighted by atomic mass is 9.86. The fourth-order valence-electron chi connectivity index (χ4n) is 3.85. The summed E-state index contributed by atoms with van der Waals surface area (Å²) in [6, 6.07) is 4.18. The van der Waals surface area contributed by atoms with E-state index in [-0.39, 0.29) is 11.3 Å². The molecule has 1 atom stereocenters. The molecule has 0 aromatic carbocycles. The van der Waals surface area contributed by atoms with Crippen molar-refractivity contribution in [3.63, 3.8) is 0 Å². The van der Waals surface area contributed by atoms with Crippen LogP contribution in [0.4, 0.5) is 5.00 Å². The summed E-state index contributed by atoms with van der Waals surface area (Å²) in [6.07, 6.45) is 5.62. The molecule has 1 spiro atoms. The molecular weight excluding hydrogens is 308 g/mol. The van der Waals surface area contributed by atoms with E-state index in [1.165, 1.54) is 4.88 Å². The third kappa shape index (κ3) is 2.70. The monoisotopic (exact) mass is 330 g/mol. The number of carbonyl (C=O) groups excluding carboxylic acids is 1.